The SMILES string of the molecule is N/N=C(\NN)c1ccccc1C(F)(F)F. The van der Waals surface area contributed by atoms with E-state index in [2.05, 4.69) is 5.10 Å². The van der Waals surface area contributed by atoms with E-state index < -0.39 is 11.7 Å². The highest BCUT2D eigenvalue weighted by Gasteiger charge is 2.34. The molecule has 5 N–H and O–H groups in total. The molecule has 0 radical (unpaired) electrons. The van der Waals surface area contributed by atoms with Gasteiger partial charge in [0.15, 0.2) is 5.84 Å². The van der Waals surface area contributed by atoms with Crippen LogP contribution in [0, 0.1) is 0 Å². The van der Waals surface area contributed by atoms with E-state index in [1.54, 1.807) is 0 Å². The van der Waals surface area contributed by atoms with Gasteiger partial charge in [-0.1, -0.05) is 18.2 Å². The minimum absolute atomic E-state index is 0.185. The molecule has 0 spiro atoms. The highest BCUT2D eigenvalue weighted by molar-refractivity contribution is 5.99. The smallest absolute Gasteiger partial charge is 0.321 e. The summed E-state index contributed by atoms with van der Waals surface area (Å²) in [5.41, 5.74) is 0.980. The fraction of sp³-hybridized carbons (Fsp3) is 0.125. The van der Waals surface area contributed by atoms with Gasteiger partial charge in [-0.3, -0.25) is 0 Å². The molecule has 4 nitrogen and oxygen atoms in total. The lowest BCUT2D eigenvalue weighted by Gasteiger charge is -2.12. The molecule has 0 amide bonds. The maximum absolute atomic E-state index is 12.5. The van der Waals surface area contributed by atoms with E-state index >= 15 is 0 Å². The molecule has 82 valence electrons. The Hall–Kier alpha value is -1.76. The van der Waals surface area contributed by atoms with E-state index in [0.717, 1.165) is 6.07 Å². The monoisotopic (exact) mass is 218 g/mol. The van der Waals surface area contributed by atoms with Crippen molar-refractivity contribution in [2.45, 2.75) is 6.18 Å². The predicted molar refractivity (Wildman–Crippen MR) is 49.5 cm³/mol. The van der Waals surface area contributed by atoms with Gasteiger partial charge in [0.25, 0.3) is 0 Å². The predicted octanol–water partition coefficient (Wildman–Crippen LogP) is 0.789. The summed E-state index contributed by atoms with van der Waals surface area (Å²) in [5.74, 6) is 9.69. The molecule has 0 aliphatic carbocycles. The molecular formula is C8H9F3N4. The van der Waals surface area contributed by atoms with Crippen LogP contribution in [0.3, 0.4) is 0 Å². The molecule has 1 aromatic rings. The van der Waals surface area contributed by atoms with E-state index in [-0.39, 0.29) is 11.4 Å². The first kappa shape index (κ1) is 11.3. The Morgan fingerprint density at radius 3 is 2.33 bits per heavy atom. The summed E-state index contributed by atoms with van der Waals surface area (Å²) in [7, 11) is 0. The lowest BCUT2D eigenvalue weighted by molar-refractivity contribution is -0.137. The summed E-state index contributed by atoms with van der Waals surface area (Å²) in [4.78, 5) is 0. The van der Waals surface area contributed by atoms with Gasteiger partial charge < -0.3 is 11.3 Å². The van der Waals surface area contributed by atoms with Crippen LogP contribution in [0.25, 0.3) is 0 Å². The summed E-state index contributed by atoms with van der Waals surface area (Å²) in [6, 6.07) is 4.87. The van der Waals surface area contributed by atoms with E-state index in [1.807, 2.05) is 5.43 Å². The van der Waals surface area contributed by atoms with Gasteiger partial charge in [-0.25, -0.2) is 5.84 Å². The second kappa shape index (κ2) is 4.18. The van der Waals surface area contributed by atoms with Crippen LogP contribution in [-0.4, -0.2) is 5.84 Å². The number of hydrazine groups is 1. The zero-order chi connectivity index (χ0) is 11.5. The fourth-order valence-electron chi connectivity index (χ4n) is 1.12. The molecule has 0 heterocycles. The van der Waals surface area contributed by atoms with Crippen LogP contribution in [0.1, 0.15) is 11.1 Å². The molecule has 0 fully saturated rings. The number of nitrogens with two attached hydrogens (primary N) is 2. The van der Waals surface area contributed by atoms with Crippen molar-refractivity contribution in [2.75, 3.05) is 0 Å². The molecule has 0 saturated heterocycles. The lowest BCUT2D eigenvalue weighted by atomic mass is 10.1. The highest BCUT2D eigenvalue weighted by Crippen LogP contribution is 2.31. The van der Waals surface area contributed by atoms with Crippen molar-refractivity contribution < 1.29 is 13.2 Å². The van der Waals surface area contributed by atoms with Crippen molar-refractivity contribution in [3.8, 4) is 0 Å². The number of nitrogens with zero attached hydrogens (tertiary/aromatic N) is 1. The summed E-state index contributed by atoms with van der Waals surface area (Å²) < 4.78 is 37.6. The first-order valence-electron chi connectivity index (χ1n) is 3.91. The zero-order valence-corrected chi connectivity index (χ0v) is 7.55. The summed E-state index contributed by atoms with van der Waals surface area (Å²) >= 11 is 0. The number of hydrogen-bond donors (Lipinski definition) is 3. The number of nitrogens with one attached hydrogen (secondary N) is 1. The summed E-state index contributed by atoms with van der Waals surface area (Å²) in [6.45, 7) is 0. The third kappa shape index (κ3) is 2.38. The van der Waals surface area contributed by atoms with Gasteiger partial charge >= 0.3 is 6.18 Å². The molecule has 0 bridgehead atoms. The third-order valence-electron chi connectivity index (χ3n) is 1.75. The van der Waals surface area contributed by atoms with Crippen LogP contribution in [0.15, 0.2) is 29.4 Å². The maximum Gasteiger partial charge on any atom is 0.417 e. The molecule has 1 aromatic carbocycles. The van der Waals surface area contributed by atoms with Crippen molar-refractivity contribution in [2.24, 2.45) is 16.8 Å². The first-order valence-corrected chi connectivity index (χ1v) is 3.91. The molecule has 0 aromatic heterocycles. The highest BCUT2D eigenvalue weighted by atomic mass is 19.4. The largest absolute Gasteiger partial charge is 0.417 e. The van der Waals surface area contributed by atoms with Crippen LogP contribution < -0.4 is 17.1 Å². The first-order chi connectivity index (χ1) is 7.00. The quantitative estimate of drug-likeness (QED) is 0.282. The zero-order valence-electron chi connectivity index (χ0n) is 7.55. The summed E-state index contributed by atoms with van der Waals surface area (Å²) in [6.07, 6.45) is -4.47. The van der Waals surface area contributed by atoms with E-state index in [1.165, 1.54) is 18.2 Å². The summed E-state index contributed by atoms with van der Waals surface area (Å²) in [5, 5.41) is 3.13. The number of amidine groups is 1. The van der Waals surface area contributed by atoms with Gasteiger partial charge in [0.2, 0.25) is 0 Å². The normalized spacial score (nSPS) is 12.7. The second-order valence-corrected chi connectivity index (χ2v) is 2.67. The molecule has 15 heavy (non-hydrogen) atoms. The Labute approximate surface area is 83.7 Å². The van der Waals surface area contributed by atoms with Crippen LogP contribution in [0.5, 0.6) is 0 Å². The van der Waals surface area contributed by atoms with Crippen LogP contribution >= 0.6 is 0 Å². The fourth-order valence-corrected chi connectivity index (χ4v) is 1.12. The standard InChI is InChI=1S/C8H9F3N4/c9-8(10,11)6-4-2-1-3-5(6)7(14-12)15-13/h1-4H,12-13H2,(H,14,15). The number of alkyl halides is 3. The minimum atomic E-state index is -4.47. The van der Waals surface area contributed by atoms with Crippen molar-refractivity contribution in [3.63, 3.8) is 0 Å². The number of halogens is 3. The number of rotatable bonds is 1. The topological polar surface area (TPSA) is 76.4 Å². The van der Waals surface area contributed by atoms with Gasteiger partial charge in [-0.2, -0.15) is 18.3 Å². The minimum Gasteiger partial charge on any atom is -0.321 e. The molecule has 0 atom stereocenters. The number of hydrogen-bond acceptors (Lipinski definition) is 3. The van der Waals surface area contributed by atoms with Crippen LogP contribution in [0.4, 0.5) is 13.2 Å². The van der Waals surface area contributed by atoms with Crippen molar-refractivity contribution in [1.29, 1.82) is 0 Å². The molecule has 0 saturated carbocycles. The Balaban J connectivity index is 3.30. The second-order valence-electron chi connectivity index (χ2n) is 2.67. The molecule has 1 rings (SSSR count). The van der Waals surface area contributed by atoms with E-state index in [4.69, 9.17) is 11.7 Å². The van der Waals surface area contributed by atoms with Gasteiger partial charge in [-0.05, 0) is 6.07 Å². The molecule has 0 unspecified atom stereocenters. The Morgan fingerprint density at radius 2 is 1.87 bits per heavy atom. The van der Waals surface area contributed by atoms with Gasteiger partial charge in [-0.15, -0.1) is 0 Å². The average molecular weight is 218 g/mol. The Kier molecular flexibility index (Phi) is 3.15. The Morgan fingerprint density at radius 1 is 1.27 bits per heavy atom. The number of hydrazone groups is 1. The maximum atomic E-state index is 12.5. The van der Waals surface area contributed by atoms with Crippen molar-refractivity contribution in [1.82, 2.24) is 5.43 Å². The average Bonchev–Trinajstić information content (AvgIpc) is 2.19. The number of benzene rings is 1. The Bertz CT molecular complexity index is 372. The molecular weight excluding hydrogens is 209 g/mol. The third-order valence-corrected chi connectivity index (χ3v) is 1.75. The van der Waals surface area contributed by atoms with E-state index in [9.17, 15) is 13.2 Å². The molecule has 0 aliphatic rings. The van der Waals surface area contributed by atoms with E-state index in [0.29, 0.717) is 0 Å². The molecule has 0 aliphatic heterocycles. The molecule has 7 heteroatoms. The van der Waals surface area contributed by atoms with Crippen LogP contribution in [0.2, 0.25) is 0 Å². The van der Waals surface area contributed by atoms with Crippen molar-refractivity contribution >= 4 is 5.84 Å². The van der Waals surface area contributed by atoms with Crippen LogP contribution in [-0.2, 0) is 6.18 Å². The lowest BCUT2D eigenvalue weighted by Crippen LogP contribution is -2.33. The van der Waals surface area contributed by atoms with Gasteiger partial charge in [0.05, 0.1) is 5.56 Å². The van der Waals surface area contributed by atoms with Crippen molar-refractivity contribution in [3.05, 3.63) is 35.4 Å². The van der Waals surface area contributed by atoms with Gasteiger partial charge in [0.1, 0.15) is 0 Å². The van der Waals surface area contributed by atoms with Gasteiger partial charge in [0, 0.05) is 5.56 Å².